The van der Waals surface area contributed by atoms with Gasteiger partial charge in [-0.1, -0.05) is 6.07 Å². The molecule has 4 aliphatic carbocycles. The van der Waals surface area contributed by atoms with Gasteiger partial charge in [0.25, 0.3) is 5.91 Å². The van der Waals surface area contributed by atoms with E-state index in [-0.39, 0.29) is 11.9 Å². The van der Waals surface area contributed by atoms with Crippen LogP contribution in [0.2, 0.25) is 0 Å². The van der Waals surface area contributed by atoms with Crippen LogP contribution in [0.3, 0.4) is 0 Å². The van der Waals surface area contributed by atoms with Crippen LogP contribution in [0, 0.1) is 28.6 Å². The van der Waals surface area contributed by atoms with Crippen LogP contribution in [-0.4, -0.2) is 53.4 Å². The Bertz CT molecular complexity index is 1060. The van der Waals surface area contributed by atoms with E-state index in [1.807, 2.05) is 28.8 Å². The molecule has 0 saturated heterocycles. The van der Waals surface area contributed by atoms with E-state index in [0.29, 0.717) is 29.5 Å². The number of imidazole rings is 1. The summed E-state index contributed by atoms with van der Waals surface area (Å²) in [4.78, 5) is 31.0. The number of pyridine rings is 1. The molecular weight excluding hydrogens is 390 g/mol. The molecule has 2 heterocycles. The summed E-state index contributed by atoms with van der Waals surface area (Å²) in [5.41, 5.74) is 3.28. The maximum atomic E-state index is 13.1. The van der Waals surface area contributed by atoms with Crippen molar-refractivity contribution in [1.82, 2.24) is 24.9 Å². The van der Waals surface area contributed by atoms with Gasteiger partial charge in [-0.3, -0.25) is 9.20 Å². The summed E-state index contributed by atoms with van der Waals surface area (Å²) in [5.74, 6) is 2.87. The first kappa shape index (κ1) is 19.1. The van der Waals surface area contributed by atoms with Crippen LogP contribution in [0.25, 0.3) is 5.65 Å². The van der Waals surface area contributed by atoms with Crippen LogP contribution in [0.1, 0.15) is 48.3 Å². The van der Waals surface area contributed by atoms with E-state index in [4.69, 9.17) is 0 Å². The number of amides is 3. The number of carbonyl (C=O) groups excluding carboxylic acids is 2. The lowest BCUT2D eigenvalue weighted by Crippen LogP contribution is -2.59. The standard InChI is InChI=1S/C24H31N5O2/c1-28(2)22(31)25-7-6-18-12-29-19(4-3-5-20(29)27-18)21(30)26-14-23-10-16-8-15-9-17(11-23)24(15,16)13-23/h3-5,12,15-17H,6-11,13-14H2,1-2H3,(H,25,31)(H,26,30). The van der Waals surface area contributed by atoms with E-state index in [2.05, 4.69) is 15.6 Å². The summed E-state index contributed by atoms with van der Waals surface area (Å²) < 4.78 is 1.88. The number of aromatic nitrogens is 2. The van der Waals surface area contributed by atoms with Gasteiger partial charge in [-0.2, -0.15) is 0 Å². The molecule has 164 valence electrons. The molecule has 2 aromatic heterocycles. The number of hydrogen-bond donors (Lipinski definition) is 2. The van der Waals surface area contributed by atoms with Gasteiger partial charge >= 0.3 is 6.03 Å². The van der Waals surface area contributed by atoms with Gasteiger partial charge in [0, 0.05) is 39.8 Å². The first-order chi connectivity index (χ1) is 14.9. The van der Waals surface area contributed by atoms with Crippen molar-refractivity contribution in [3.63, 3.8) is 0 Å². The van der Waals surface area contributed by atoms with Crippen molar-refractivity contribution in [3.8, 4) is 0 Å². The van der Waals surface area contributed by atoms with Crippen molar-refractivity contribution in [1.29, 1.82) is 0 Å². The van der Waals surface area contributed by atoms with Crippen molar-refractivity contribution in [2.24, 2.45) is 28.6 Å². The minimum atomic E-state index is -0.116. The Balaban J connectivity index is 1.13. The van der Waals surface area contributed by atoms with Gasteiger partial charge < -0.3 is 15.5 Å². The Hall–Kier alpha value is -2.57. The van der Waals surface area contributed by atoms with Crippen molar-refractivity contribution in [2.75, 3.05) is 27.2 Å². The van der Waals surface area contributed by atoms with E-state index in [1.54, 1.807) is 14.1 Å². The second-order valence-corrected chi connectivity index (χ2v) is 10.7. The van der Waals surface area contributed by atoms with Crippen molar-refractivity contribution < 1.29 is 9.59 Å². The van der Waals surface area contributed by atoms with Crippen LogP contribution in [-0.2, 0) is 6.42 Å². The molecule has 2 unspecified atom stereocenters. The summed E-state index contributed by atoms with van der Waals surface area (Å²) in [7, 11) is 3.44. The fourth-order valence-corrected chi connectivity index (χ4v) is 7.63. The molecule has 7 heteroatoms. The highest BCUT2D eigenvalue weighted by Crippen LogP contribution is 2.84. The van der Waals surface area contributed by atoms with Gasteiger partial charge in [-0.25, -0.2) is 9.78 Å². The van der Waals surface area contributed by atoms with E-state index < -0.39 is 0 Å². The molecule has 0 radical (unpaired) electrons. The zero-order valence-electron chi connectivity index (χ0n) is 18.4. The number of urea groups is 1. The maximum Gasteiger partial charge on any atom is 0.316 e. The smallest absolute Gasteiger partial charge is 0.316 e. The quantitative estimate of drug-likeness (QED) is 0.753. The Labute approximate surface area is 182 Å². The van der Waals surface area contributed by atoms with E-state index in [0.717, 1.165) is 35.6 Å². The molecule has 4 fully saturated rings. The average Bonchev–Trinajstić information content (AvgIpc) is 3.37. The highest BCUT2D eigenvalue weighted by atomic mass is 16.2. The minimum absolute atomic E-state index is 0.0163. The Morgan fingerprint density at radius 2 is 1.94 bits per heavy atom. The molecule has 1 spiro atoms. The average molecular weight is 422 g/mol. The molecule has 2 N–H and O–H groups in total. The van der Waals surface area contributed by atoms with Crippen LogP contribution in [0.4, 0.5) is 4.79 Å². The molecule has 31 heavy (non-hydrogen) atoms. The van der Waals surface area contributed by atoms with Crippen molar-refractivity contribution >= 4 is 17.6 Å². The van der Waals surface area contributed by atoms with Gasteiger partial charge in [0.15, 0.2) is 0 Å². The molecule has 0 aromatic carbocycles. The zero-order valence-corrected chi connectivity index (χ0v) is 18.4. The predicted octanol–water partition coefficient (Wildman–Crippen LogP) is 2.70. The molecule has 4 aliphatic rings. The first-order valence-corrected chi connectivity index (χ1v) is 11.6. The van der Waals surface area contributed by atoms with Gasteiger partial charge in [0.1, 0.15) is 11.3 Å². The molecule has 6 rings (SSSR count). The molecule has 2 aromatic rings. The van der Waals surface area contributed by atoms with Gasteiger partial charge in [0.05, 0.1) is 5.69 Å². The third kappa shape index (κ3) is 2.68. The number of hydrogen-bond acceptors (Lipinski definition) is 3. The molecule has 4 saturated carbocycles. The molecule has 2 bridgehead atoms. The number of nitrogens with one attached hydrogen (secondary N) is 2. The normalized spacial score (nSPS) is 34.1. The summed E-state index contributed by atoms with van der Waals surface area (Å²) in [5, 5.41) is 6.14. The molecule has 3 amide bonds. The number of rotatable bonds is 6. The number of nitrogens with zero attached hydrogens (tertiary/aromatic N) is 3. The van der Waals surface area contributed by atoms with E-state index >= 15 is 0 Å². The molecule has 7 nitrogen and oxygen atoms in total. The predicted molar refractivity (Wildman–Crippen MR) is 117 cm³/mol. The summed E-state index contributed by atoms with van der Waals surface area (Å²) in [6.45, 7) is 1.32. The lowest BCUT2D eigenvalue weighted by atomic mass is 9.38. The third-order valence-electron chi connectivity index (χ3n) is 8.92. The van der Waals surface area contributed by atoms with Crippen LogP contribution < -0.4 is 10.6 Å². The van der Waals surface area contributed by atoms with Crippen molar-refractivity contribution in [2.45, 2.75) is 38.5 Å². The molecule has 0 aliphatic heterocycles. The maximum absolute atomic E-state index is 13.1. The monoisotopic (exact) mass is 421 g/mol. The minimum Gasteiger partial charge on any atom is -0.350 e. The second-order valence-electron chi connectivity index (χ2n) is 10.7. The lowest BCUT2D eigenvalue weighted by Gasteiger charge is -2.66. The SMILES string of the molecule is CN(C)C(=O)NCCc1cn2c(C(=O)NCC34CC5CC6CC(C3)C65C4)cccc2n1. The topological polar surface area (TPSA) is 78.7 Å². The Morgan fingerprint density at radius 1 is 1.16 bits per heavy atom. The first-order valence-electron chi connectivity index (χ1n) is 11.6. The molecular formula is C24H31N5O2. The summed E-state index contributed by atoms with van der Waals surface area (Å²) in [6.07, 6.45) is 9.41. The van der Waals surface area contributed by atoms with Crippen molar-refractivity contribution in [3.05, 3.63) is 35.8 Å². The molecule has 2 atom stereocenters. The van der Waals surface area contributed by atoms with Crippen LogP contribution >= 0.6 is 0 Å². The Morgan fingerprint density at radius 3 is 2.61 bits per heavy atom. The highest BCUT2D eigenvalue weighted by Gasteiger charge is 2.77. The van der Waals surface area contributed by atoms with Gasteiger partial charge in [0.2, 0.25) is 0 Å². The van der Waals surface area contributed by atoms with Gasteiger partial charge in [-0.15, -0.1) is 0 Å². The second kappa shape index (κ2) is 6.47. The van der Waals surface area contributed by atoms with Gasteiger partial charge in [-0.05, 0) is 72.8 Å². The van der Waals surface area contributed by atoms with E-state index in [1.165, 1.54) is 37.0 Å². The van der Waals surface area contributed by atoms with Crippen LogP contribution in [0.5, 0.6) is 0 Å². The zero-order chi connectivity index (χ0) is 21.4. The van der Waals surface area contributed by atoms with E-state index in [9.17, 15) is 9.59 Å². The third-order valence-corrected chi connectivity index (χ3v) is 8.92. The lowest BCUT2D eigenvalue weighted by molar-refractivity contribution is -0.177. The fourth-order valence-electron chi connectivity index (χ4n) is 7.63. The Kier molecular flexibility index (Phi) is 3.99. The largest absolute Gasteiger partial charge is 0.350 e. The van der Waals surface area contributed by atoms with Crippen LogP contribution in [0.15, 0.2) is 24.4 Å². The summed E-state index contributed by atoms with van der Waals surface area (Å²) >= 11 is 0. The fraction of sp³-hybridized carbons (Fsp3) is 0.625. The summed E-state index contributed by atoms with van der Waals surface area (Å²) in [6, 6.07) is 5.56. The number of fused-ring (bicyclic) bond motifs is 2. The highest BCUT2D eigenvalue weighted by molar-refractivity contribution is 5.93. The number of carbonyl (C=O) groups is 2.